The Bertz CT molecular complexity index is 1440. The highest BCUT2D eigenvalue weighted by Gasteiger charge is 2.44. The SMILES string of the molecule is Cn1cc(NC(=O)c2ccc(NS(=O)(=O)CCO)cc2N2CCC3(CC2)CC3)cc(N2CCC(F)(F)CC2)c1=O. The fourth-order valence-corrected chi connectivity index (χ4v) is 6.39. The van der Waals surface area contributed by atoms with Crippen LogP contribution in [0.15, 0.2) is 35.3 Å². The quantitative estimate of drug-likeness (QED) is 0.439. The summed E-state index contributed by atoms with van der Waals surface area (Å²) in [6.07, 6.45) is 5.19. The molecule has 1 aromatic carbocycles. The first-order valence-electron chi connectivity index (χ1n) is 13.5. The van der Waals surface area contributed by atoms with Crippen LogP contribution >= 0.6 is 0 Å². The van der Waals surface area contributed by atoms with Crippen LogP contribution < -0.4 is 25.4 Å². The number of aliphatic hydroxyl groups excluding tert-OH is 1. The minimum atomic E-state index is -3.76. The summed E-state index contributed by atoms with van der Waals surface area (Å²) < 4.78 is 55.7. The minimum absolute atomic E-state index is 0.0356. The minimum Gasteiger partial charge on any atom is -0.395 e. The van der Waals surface area contributed by atoms with Gasteiger partial charge in [-0.25, -0.2) is 17.2 Å². The monoisotopic (exact) mass is 579 g/mol. The maximum absolute atomic E-state index is 13.7. The van der Waals surface area contributed by atoms with E-state index in [1.807, 2.05) is 0 Å². The van der Waals surface area contributed by atoms with Gasteiger partial charge in [0, 0.05) is 52.3 Å². The molecule has 1 aliphatic carbocycles. The molecule has 5 rings (SSSR count). The number of nitrogens with zero attached hydrogens (tertiary/aromatic N) is 3. The van der Waals surface area contributed by atoms with Crippen LogP contribution in [0.25, 0.3) is 0 Å². The number of hydrogen-bond acceptors (Lipinski definition) is 7. The summed E-state index contributed by atoms with van der Waals surface area (Å²) in [5.74, 6) is -3.64. The van der Waals surface area contributed by atoms with Crippen molar-refractivity contribution in [2.24, 2.45) is 12.5 Å². The zero-order valence-corrected chi connectivity index (χ0v) is 23.3. The number of alkyl halides is 2. The highest BCUT2D eigenvalue weighted by molar-refractivity contribution is 7.92. The van der Waals surface area contributed by atoms with E-state index in [2.05, 4.69) is 14.9 Å². The summed E-state index contributed by atoms with van der Waals surface area (Å²) in [6, 6.07) is 6.20. The standard InChI is InChI=1S/C27H35F2N5O5S/c1-32-18-20(17-23(25(32)37)34-12-8-27(28,29)9-13-34)30-24(36)21-3-2-19(31-40(38,39)15-14-35)16-22(21)33-10-6-26(4-5-26)7-11-33/h2-3,16-18,31,35H,4-15H2,1H3,(H,30,36). The van der Waals surface area contributed by atoms with E-state index in [1.165, 1.54) is 35.7 Å². The van der Waals surface area contributed by atoms with Gasteiger partial charge in [0.1, 0.15) is 5.69 Å². The van der Waals surface area contributed by atoms with Crippen molar-refractivity contribution in [1.29, 1.82) is 0 Å². The first-order chi connectivity index (χ1) is 18.9. The molecule has 218 valence electrons. The molecule has 40 heavy (non-hydrogen) atoms. The molecule has 3 heterocycles. The van der Waals surface area contributed by atoms with E-state index >= 15 is 0 Å². The highest BCUT2D eigenvalue weighted by Crippen LogP contribution is 2.54. The molecular formula is C27H35F2N5O5S. The maximum atomic E-state index is 13.7. The first kappa shape index (κ1) is 28.3. The second-order valence-corrected chi connectivity index (χ2v) is 13.0. The van der Waals surface area contributed by atoms with Crippen molar-refractivity contribution in [3.63, 3.8) is 0 Å². The molecule has 1 amide bonds. The number of aliphatic hydroxyl groups is 1. The Balaban J connectivity index is 1.41. The van der Waals surface area contributed by atoms with Crippen molar-refractivity contribution in [2.75, 3.05) is 58.4 Å². The maximum Gasteiger partial charge on any atom is 0.273 e. The molecule has 2 aromatic rings. The number of halogens is 2. The Morgan fingerprint density at radius 3 is 2.17 bits per heavy atom. The summed E-state index contributed by atoms with van der Waals surface area (Å²) in [6.45, 7) is 1.02. The Kier molecular flexibility index (Phi) is 7.55. The molecule has 1 saturated carbocycles. The van der Waals surface area contributed by atoms with E-state index in [0.29, 0.717) is 22.4 Å². The second-order valence-electron chi connectivity index (χ2n) is 11.2. The number of benzene rings is 1. The zero-order chi connectivity index (χ0) is 28.7. The summed E-state index contributed by atoms with van der Waals surface area (Å²) >= 11 is 0. The number of nitrogens with one attached hydrogen (secondary N) is 2. The van der Waals surface area contributed by atoms with E-state index in [-0.39, 0.29) is 42.9 Å². The van der Waals surface area contributed by atoms with E-state index in [4.69, 9.17) is 5.11 Å². The number of pyridine rings is 1. The van der Waals surface area contributed by atoms with Crippen LogP contribution in [0.3, 0.4) is 0 Å². The van der Waals surface area contributed by atoms with Gasteiger partial charge >= 0.3 is 0 Å². The molecule has 0 bridgehead atoms. The smallest absolute Gasteiger partial charge is 0.273 e. The Labute approximate surface area is 232 Å². The van der Waals surface area contributed by atoms with Crippen LogP contribution in [-0.4, -0.2) is 68.5 Å². The lowest BCUT2D eigenvalue weighted by Crippen LogP contribution is -2.42. The summed E-state index contributed by atoms with van der Waals surface area (Å²) in [7, 11) is -2.22. The molecule has 2 saturated heterocycles. The molecule has 10 nitrogen and oxygen atoms in total. The number of sulfonamides is 1. The third kappa shape index (κ3) is 6.25. The number of aromatic nitrogens is 1. The van der Waals surface area contributed by atoms with Crippen molar-refractivity contribution >= 4 is 38.7 Å². The van der Waals surface area contributed by atoms with Crippen LogP contribution in [-0.2, 0) is 17.1 Å². The number of amides is 1. The van der Waals surface area contributed by atoms with Gasteiger partial charge in [0.25, 0.3) is 17.4 Å². The van der Waals surface area contributed by atoms with Gasteiger partial charge < -0.3 is 24.8 Å². The van der Waals surface area contributed by atoms with Gasteiger partial charge in [0.15, 0.2) is 0 Å². The number of anilines is 4. The van der Waals surface area contributed by atoms with Crippen molar-refractivity contribution < 1.29 is 27.1 Å². The Morgan fingerprint density at radius 2 is 1.55 bits per heavy atom. The average Bonchev–Trinajstić information content (AvgIpc) is 3.65. The van der Waals surface area contributed by atoms with Gasteiger partial charge in [-0.2, -0.15) is 0 Å². The lowest BCUT2D eigenvalue weighted by Gasteiger charge is -2.35. The van der Waals surface area contributed by atoms with Crippen LogP contribution in [0.1, 0.15) is 48.9 Å². The van der Waals surface area contributed by atoms with E-state index < -0.39 is 34.2 Å². The molecule has 0 radical (unpaired) electrons. The number of carbonyl (C=O) groups excluding carboxylic acids is 1. The fraction of sp³-hybridized carbons (Fsp3) is 0.556. The van der Waals surface area contributed by atoms with Crippen LogP contribution in [0.4, 0.5) is 31.5 Å². The van der Waals surface area contributed by atoms with Gasteiger partial charge in [0.2, 0.25) is 10.0 Å². The molecule has 3 fully saturated rings. The normalized spacial score (nSPS) is 19.9. The Hall–Kier alpha value is -3.19. The molecule has 3 N–H and O–H groups in total. The summed E-state index contributed by atoms with van der Waals surface area (Å²) in [4.78, 5) is 30.1. The van der Waals surface area contributed by atoms with Crippen LogP contribution in [0.5, 0.6) is 0 Å². The van der Waals surface area contributed by atoms with Gasteiger partial charge in [-0.3, -0.25) is 14.3 Å². The Morgan fingerprint density at radius 1 is 0.950 bits per heavy atom. The van der Waals surface area contributed by atoms with Crippen molar-refractivity contribution in [3.8, 4) is 0 Å². The largest absolute Gasteiger partial charge is 0.395 e. The number of piperidine rings is 2. The topological polar surface area (TPSA) is 124 Å². The molecule has 13 heteroatoms. The number of aryl methyl sites for hydroxylation is 1. The van der Waals surface area contributed by atoms with Gasteiger partial charge in [-0.05, 0) is 55.4 Å². The molecule has 0 atom stereocenters. The lowest BCUT2D eigenvalue weighted by molar-refractivity contribution is -0.0221. The van der Waals surface area contributed by atoms with Crippen molar-refractivity contribution in [3.05, 3.63) is 46.4 Å². The van der Waals surface area contributed by atoms with Crippen LogP contribution in [0, 0.1) is 5.41 Å². The van der Waals surface area contributed by atoms with Crippen LogP contribution in [0.2, 0.25) is 0 Å². The second kappa shape index (κ2) is 10.7. The van der Waals surface area contributed by atoms with E-state index in [1.54, 1.807) is 24.1 Å². The third-order valence-electron chi connectivity index (χ3n) is 8.26. The number of hydrogen-bond donors (Lipinski definition) is 3. The fourth-order valence-electron chi connectivity index (χ4n) is 5.56. The highest BCUT2D eigenvalue weighted by atomic mass is 32.2. The number of rotatable bonds is 8. The van der Waals surface area contributed by atoms with Gasteiger partial charge in [-0.15, -0.1) is 0 Å². The first-order valence-corrected chi connectivity index (χ1v) is 15.2. The molecular weight excluding hydrogens is 544 g/mol. The lowest BCUT2D eigenvalue weighted by atomic mass is 9.93. The predicted molar refractivity (Wildman–Crippen MR) is 150 cm³/mol. The summed E-state index contributed by atoms with van der Waals surface area (Å²) in [5, 5.41) is 11.9. The summed E-state index contributed by atoms with van der Waals surface area (Å²) in [5.41, 5.74) is 1.85. The molecule has 3 aliphatic rings. The zero-order valence-electron chi connectivity index (χ0n) is 22.5. The predicted octanol–water partition coefficient (Wildman–Crippen LogP) is 2.99. The third-order valence-corrected chi connectivity index (χ3v) is 9.52. The van der Waals surface area contributed by atoms with Gasteiger partial charge in [-0.1, -0.05) is 0 Å². The average molecular weight is 580 g/mol. The van der Waals surface area contributed by atoms with E-state index in [0.717, 1.165) is 25.9 Å². The number of carbonyl (C=O) groups is 1. The molecule has 1 aromatic heterocycles. The van der Waals surface area contributed by atoms with E-state index in [9.17, 15) is 26.8 Å². The molecule has 1 spiro atoms. The van der Waals surface area contributed by atoms with Gasteiger partial charge in [0.05, 0.1) is 35.0 Å². The molecule has 0 unspecified atom stereocenters. The van der Waals surface area contributed by atoms with Crippen molar-refractivity contribution in [2.45, 2.75) is 44.4 Å². The van der Waals surface area contributed by atoms with Crippen molar-refractivity contribution in [1.82, 2.24) is 4.57 Å². The molecule has 2 aliphatic heterocycles.